The summed E-state index contributed by atoms with van der Waals surface area (Å²) in [6.45, 7) is 1.02. The lowest BCUT2D eigenvalue weighted by molar-refractivity contribution is -0.139. The Kier molecular flexibility index (Phi) is 4.49. The van der Waals surface area contributed by atoms with Crippen molar-refractivity contribution in [1.82, 2.24) is 9.88 Å². The van der Waals surface area contributed by atoms with E-state index in [1.54, 1.807) is 12.1 Å². The van der Waals surface area contributed by atoms with Gasteiger partial charge >= 0.3 is 5.97 Å². The van der Waals surface area contributed by atoms with Gasteiger partial charge in [-0.15, -0.1) is 0 Å². The van der Waals surface area contributed by atoms with Crippen molar-refractivity contribution >= 4 is 27.8 Å². The molecule has 0 spiro atoms. The molecule has 0 aliphatic carbocycles. The third-order valence-electron chi connectivity index (χ3n) is 2.86. The highest BCUT2D eigenvalue weighted by atomic mass is 79.9. The molecule has 1 N–H and O–H groups in total. The Morgan fingerprint density at radius 2 is 2.37 bits per heavy atom. The molecule has 7 heteroatoms. The molecule has 1 fully saturated rings. The fraction of sp³-hybridized carbons (Fsp3) is 0.417. The number of aliphatic carboxylic acids is 1. The topological polar surface area (TPSA) is 79.7 Å². The van der Waals surface area contributed by atoms with Gasteiger partial charge in [0.1, 0.15) is 5.69 Å². The molecule has 1 aliphatic rings. The molecule has 1 aliphatic heterocycles. The first-order chi connectivity index (χ1) is 9.09. The van der Waals surface area contributed by atoms with Crippen LogP contribution in [0.5, 0.6) is 0 Å². The standard InChI is InChI=1S/C12H13BrN2O4/c13-9-2-1-3-14-11(9)12(18)15-4-5-19-7-8(15)6-10(16)17/h1-3,8H,4-7H2,(H,16,17). The fourth-order valence-corrected chi connectivity index (χ4v) is 2.40. The van der Waals surface area contributed by atoms with E-state index in [2.05, 4.69) is 20.9 Å². The monoisotopic (exact) mass is 328 g/mol. The average Bonchev–Trinajstić information content (AvgIpc) is 2.38. The normalized spacial score (nSPS) is 19.2. The molecule has 2 rings (SSSR count). The molecule has 1 aromatic heterocycles. The maximum atomic E-state index is 12.4. The summed E-state index contributed by atoms with van der Waals surface area (Å²) in [6.07, 6.45) is 1.40. The van der Waals surface area contributed by atoms with E-state index in [1.165, 1.54) is 11.1 Å². The molecule has 0 aromatic carbocycles. The van der Waals surface area contributed by atoms with Crippen molar-refractivity contribution in [2.45, 2.75) is 12.5 Å². The minimum absolute atomic E-state index is 0.129. The first-order valence-electron chi connectivity index (χ1n) is 5.80. The maximum absolute atomic E-state index is 12.4. The van der Waals surface area contributed by atoms with Crippen molar-refractivity contribution in [2.75, 3.05) is 19.8 Å². The van der Waals surface area contributed by atoms with E-state index in [0.717, 1.165) is 0 Å². The highest BCUT2D eigenvalue weighted by Gasteiger charge is 2.31. The number of amides is 1. The van der Waals surface area contributed by atoms with Crippen LogP contribution < -0.4 is 0 Å². The second-order valence-electron chi connectivity index (χ2n) is 4.16. The number of ether oxygens (including phenoxy) is 1. The van der Waals surface area contributed by atoms with Crippen LogP contribution in [0.15, 0.2) is 22.8 Å². The highest BCUT2D eigenvalue weighted by molar-refractivity contribution is 9.10. The van der Waals surface area contributed by atoms with Crippen LogP contribution in [0, 0.1) is 0 Å². The predicted octanol–water partition coefficient (Wildman–Crippen LogP) is 1.16. The lowest BCUT2D eigenvalue weighted by Crippen LogP contribution is -2.49. The third-order valence-corrected chi connectivity index (χ3v) is 3.50. The molecule has 19 heavy (non-hydrogen) atoms. The second-order valence-corrected chi connectivity index (χ2v) is 5.01. The van der Waals surface area contributed by atoms with E-state index in [-0.39, 0.29) is 18.9 Å². The van der Waals surface area contributed by atoms with E-state index in [1.807, 2.05) is 0 Å². The maximum Gasteiger partial charge on any atom is 0.305 e. The van der Waals surface area contributed by atoms with E-state index >= 15 is 0 Å². The van der Waals surface area contributed by atoms with Gasteiger partial charge in [0.2, 0.25) is 0 Å². The lowest BCUT2D eigenvalue weighted by Gasteiger charge is -2.34. The molecule has 0 bridgehead atoms. The zero-order valence-corrected chi connectivity index (χ0v) is 11.7. The Bertz CT molecular complexity index is 494. The Morgan fingerprint density at radius 3 is 3.05 bits per heavy atom. The van der Waals surface area contributed by atoms with Crippen LogP contribution >= 0.6 is 15.9 Å². The zero-order valence-electron chi connectivity index (χ0n) is 10.1. The largest absolute Gasteiger partial charge is 0.481 e. The summed E-state index contributed by atoms with van der Waals surface area (Å²) >= 11 is 3.28. The van der Waals surface area contributed by atoms with Crippen LogP contribution in [0.4, 0.5) is 0 Å². The van der Waals surface area contributed by atoms with Gasteiger partial charge in [0, 0.05) is 17.2 Å². The summed E-state index contributed by atoms with van der Waals surface area (Å²) in [7, 11) is 0. The average molecular weight is 329 g/mol. The molecule has 2 heterocycles. The molecular formula is C12H13BrN2O4. The van der Waals surface area contributed by atoms with Crippen molar-refractivity contribution in [2.24, 2.45) is 0 Å². The Balaban J connectivity index is 2.20. The van der Waals surface area contributed by atoms with Gasteiger partial charge in [0.05, 0.1) is 25.7 Å². The van der Waals surface area contributed by atoms with Crippen LogP contribution in [0.2, 0.25) is 0 Å². The first-order valence-corrected chi connectivity index (χ1v) is 6.60. The van der Waals surface area contributed by atoms with E-state index in [0.29, 0.717) is 23.3 Å². The van der Waals surface area contributed by atoms with Gasteiger partial charge in [-0.25, -0.2) is 4.98 Å². The van der Waals surface area contributed by atoms with Crippen molar-refractivity contribution < 1.29 is 19.4 Å². The number of aromatic nitrogens is 1. The SMILES string of the molecule is O=C(O)CC1COCCN1C(=O)c1ncccc1Br. The number of hydrogen-bond acceptors (Lipinski definition) is 4. The number of carboxylic acid groups (broad SMARTS) is 1. The van der Waals surface area contributed by atoms with Gasteiger partial charge in [-0.3, -0.25) is 9.59 Å². The van der Waals surface area contributed by atoms with Gasteiger partial charge in [-0.2, -0.15) is 0 Å². The number of carboxylic acids is 1. The summed E-state index contributed by atoms with van der Waals surface area (Å²) in [4.78, 5) is 28.8. The minimum atomic E-state index is -0.951. The summed E-state index contributed by atoms with van der Waals surface area (Å²) in [5.41, 5.74) is 0.291. The predicted molar refractivity (Wildman–Crippen MR) is 69.8 cm³/mol. The van der Waals surface area contributed by atoms with E-state index < -0.39 is 12.0 Å². The zero-order chi connectivity index (χ0) is 13.8. The van der Waals surface area contributed by atoms with E-state index in [4.69, 9.17) is 9.84 Å². The molecule has 1 atom stereocenters. The minimum Gasteiger partial charge on any atom is -0.481 e. The number of nitrogens with zero attached hydrogens (tertiary/aromatic N) is 2. The van der Waals surface area contributed by atoms with Crippen LogP contribution in [0.1, 0.15) is 16.9 Å². The Hall–Kier alpha value is -1.47. The summed E-state index contributed by atoms with van der Waals surface area (Å²) in [5.74, 6) is -1.23. The van der Waals surface area contributed by atoms with Gasteiger partial charge in [-0.05, 0) is 28.1 Å². The molecule has 0 saturated carbocycles. The summed E-state index contributed by atoms with van der Waals surface area (Å²) < 4.78 is 5.84. The number of carbonyl (C=O) groups is 2. The van der Waals surface area contributed by atoms with Crippen LogP contribution in [0.3, 0.4) is 0 Å². The molecule has 1 saturated heterocycles. The number of pyridine rings is 1. The Labute approximate surface area is 118 Å². The number of morpholine rings is 1. The van der Waals surface area contributed by atoms with Crippen LogP contribution in [0.25, 0.3) is 0 Å². The van der Waals surface area contributed by atoms with E-state index in [9.17, 15) is 9.59 Å². The molecule has 0 radical (unpaired) electrons. The van der Waals surface area contributed by atoms with Gasteiger partial charge in [-0.1, -0.05) is 0 Å². The number of halogens is 1. The number of carbonyl (C=O) groups excluding carboxylic acids is 1. The molecule has 102 valence electrons. The Morgan fingerprint density at radius 1 is 1.58 bits per heavy atom. The van der Waals surface area contributed by atoms with Crippen LogP contribution in [-0.4, -0.2) is 52.7 Å². The lowest BCUT2D eigenvalue weighted by atomic mass is 10.1. The number of rotatable bonds is 3. The first kappa shape index (κ1) is 14.0. The van der Waals surface area contributed by atoms with Gasteiger partial charge in [0.25, 0.3) is 5.91 Å². The molecule has 1 aromatic rings. The molecule has 1 unspecified atom stereocenters. The van der Waals surface area contributed by atoms with Crippen molar-refractivity contribution in [3.8, 4) is 0 Å². The fourth-order valence-electron chi connectivity index (χ4n) is 1.97. The third kappa shape index (κ3) is 3.30. The summed E-state index contributed by atoms with van der Waals surface area (Å²) in [5, 5.41) is 8.87. The van der Waals surface area contributed by atoms with Crippen molar-refractivity contribution in [3.63, 3.8) is 0 Å². The molecule has 1 amide bonds. The van der Waals surface area contributed by atoms with Gasteiger partial charge in [0.15, 0.2) is 0 Å². The smallest absolute Gasteiger partial charge is 0.305 e. The van der Waals surface area contributed by atoms with Crippen molar-refractivity contribution in [3.05, 3.63) is 28.5 Å². The van der Waals surface area contributed by atoms with Crippen molar-refractivity contribution in [1.29, 1.82) is 0 Å². The molecular weight excluding hydrogens is 316 g/mol. The van der Waals surface area contributed by atoms with Gasteiger partial charge < -0.3 is 14.7 Å². The van der Waals surface area contributed by atoms with Crippen LogP contribution in [-0.2, 0) is 9.53 Å². The highest BCUT2D eigenvalue weighted by Crippen LogP contribution is 2.19. The quantitative estimate of drug-likeness (QED) is 0.900. The second kappa shape index (κ2) is 6.12. The molecule has 6 nitrogen and oxygen atoms in total. The summed E-state index contributed by atoms with van der Waals surface area (Å²) in [6, 6.07) is 2.99. The number of hydrogen-bond donors (Lipinski definition) is 1.